The fourth-order valence-electron chi connectivity index (χ4n) is 4.82. The van der Waals surface area contributed by atoms with Crippen molar-refractivity contribution >= 4 is 0 Å². The van der Waals surface area contributed by atoms with Crippen LogP contribution in [0.25, 0.3) is 0 Å². The minimum atomic E-state index is 0.395. The number of piperazine rings is 1. The third-order valence-corrected chi connectivity index (χ3v) is 6.76. The summed E-state index contributed by atoms with van der Waals surface area (Å²) >= 11 is 0. The highest BCUT2D eigenvalue weighted by atomic mass is 15.3. The average Bonchev–Trinajstić information content (AvgIpc) is 3.27. The molecule has 116 valence electrons. The van der Waals surface area contributed by atoms with Gasteiger partial charge in [-0.1, -0.05) is 33.6 Å². The molecule has 3 fully saturated rings. The highest BCUT2D eigenvalue weighted by Crippen LogP contribution is 2.43. The van der Waals surface area contributed by atoms with Gasteiger partial charge in [-0.15, -0.1) is 0 Å². The van der Waals surface area contributed by atoms with E-state index in [4.69, 9.17) is 0 Å². The molecule has 1 N–H and O–H groups in total. The molecule has 2 nitrogen and oxygen atoms in total. The van der Waals surface area contributed by atoms with Crippen molar-refractivity contribution in [1.82, 2.24) is 10.2 Å². The van der Waals surface area contributed by atoms with Crippen LogP contribution < -0.4 is 5.32 Å². The molecule has 3 rings (SSSR count). The van der Waals surface area contributed by atoms with E-state index >= 15 is 0 Å². The molecule has 0 aromatic rings. The predicted octanol–water partition coefficient (Wildman–Crippen LogP) is 3.66. The van der Waals surface area contributed by atoms with Crippen molar-refractivity contribution in [3.63, 3.8) is 0 Å². The van der Waals surface area contributed by atoms with Gasteiger partial charge in [-0.3, -0.25) is 4.90 Å². The summed E-state index contributed by atoms with van der Waals surface area (Å²) < 4.78 is 0. The summed E-state index contributed by atoms with van der Waals surface area (Å²) in [6, 6.07) is 1.60. The van der Waals surface area contributed by atoms with Crippen LogP contribution in [0.15, 0.2) is 0 Å². The Hall–Kier alpha value is -0.0800. The van der Waals surface area contributed by atoms with Crippen LogP contribution >= 0.6 is 0 Å². The highest BCUT2D eigenvalue weighted by Gasteiger charge is 2.48. The molecule has 0 bridgehead atoms. The third kappa shape index (κ3) is 2.66. The SMILES string of the molecule is CCC1CNC(C)(C2CC2)CN1C1CCCC(C)C1C. The summed E-state index contributed by atoms with van der Waals surface area (Å²) in [4.78, 5) is 2.93. The van der Waals surface area contributed by atoms with Crippen LogP contribution in [0.4, 0.5) is 0 Å². The molecule has 1 aliphatic heterocycles. The molecular weight excluding hydrogens is 244 g/mol. The lowest BCUT2D eigenvalue weighted by atomic mass is 9.75. The van der Waals surface area contributed by atoms with Gasteiger partial charge in [-0.25, -0.2) is 0 Å². The normalized spacial score (nSPS) is 47.4. The minimum absolute atomic E-state index is 0.395. The van der Waals surface area contributed by atoms with E-state index in [1.165, 1.54) is 51.6 Å². The van der Waals surface area contributed by atoms with Gasteiger partial charge in [0.15, 0.2) is 0 Å². The summed E-state index contributed by atoms with van der Waals surface area (Å²) in [7, 11) is 0. The molecule has 5 unspecified atom stereocenters. The number of rotatable bonds is 3. The van der Waals surface area contributed by atoms with Crippen molar-refractivity contribution in [2.45, 2.75) is 83.8 Å². The van der Waals surface area contributed by atoms with E-state index in [0.717, 1.165) is 29.8 Å². The fraction of sp³-hybridized carbons (Fsp3) is 1.00. The fourth-order valence-corrected chi connectivity index (χ4v) is 4.82. The van der Waals surface area contributed by atoms with Gasteiger partial charge in [0.25, 0.3) is 0 Å². The molecule has 20 heavy (non-hydrogen) atoms. The van der Waals surface area contributed by atoms with Crippen LogP contribution in [0.2, 0.25) is 0 Å². The molecule has 5 atom stereocenters. The van der Waals surface area contributed by atoms with E-state index in [1.807, 2.05) is 0 Å². The molecule has 3 aliphatic rings. The van der Waals surface area contributed by atoms with E-state index in [1.54, 1.807) is 0 Å². The summed E-state index contributed by atoms with van der Waals surface area (Å²) in [6.07, 6.45) is 8.51. The lowest BCUT2D eigenvalue weighted by Gasteiger charge is -2.53. The Morgan fingerprint density at radius 2 is 1.90 bits per heavy atom. The van der Waals surface area contributed by atoms with Gasteiger partial charge in [0.1, 0.15) is 0 Å². The molecule has 1 heterocycles. The van der Waals surface area contributed by atoms with Crippen molar-refractivity contribution in [1.29, 1.82) is 0 Å². The Morgan fingerprint density at radius 1 is 1.15 bits per heavy atom. The van der Waals surface area contributed by atoms with Gasteiger partial charge in [0, 0.05) is 30.7 Å². The summed E-state index contributed by atoms with van der Waals surface area (Å²) in [5.41, 5.74) is 0.395. The highest BCUT2D eigenvalue weighted by molar-refractivity contribution is 5.05. The maximum atomic E-state index is 3.91. The summed E-state index contributed by atoms with van der Waals surface area (Å²) in [5, 5.41) is 3.91. The number of hydrogen-bond donors (Lipinski definition) is 1. The zero-order chi connectivity index (χ0) is 14.3. The summed E-state index contributed by atoms with van der Waals surface area (Å²) in [6.45, 7) is 12.3. The van der Waals surface area contributed by atoms with Gasteiger partial charge in [-0.05, 0) is 50.4 Å². The van der Waals surface area contributed by atoms with Crippen molar-refractivity contribution < 1.29 is 0 Å². The smallest absolute Gasteiger partial charge is 0.0309 e. The Morgan fingerprint density at radius 3 is 2.55 bits per heavy atom. The Balaban J connectivity index is 1.76. The van der Waals surface area contributed by atoms with Crippen molar-refractivity contribution in [2.24, 2.45) is 17.8 Å². The monoisotopic (exact) mass is 278 g/mol. The van der Waals surface area contributed by atoms with Crippen LogP contribution in [-0.4, -0.2) is 35.6 Å². The van der Waals surface area contributed by atoms with E-state index in [2.05, 4.69) is 37.9 Å². The largest absolute Gasteiger partial charge is 0.308 e. The molecule has 0 radical (unpaired) electrons. The zero-order valence-electron chi connectivity index (χ0n) is 14.0. The molecule has 1 saturated heterocycles. The number of hydrogen-bond acceptors (Lipinski definition) is 2. The second kappa shape index (κ2) is 5.61. The van der Waals surface area contributed by atoms with E-state index < -0.39 is 0 Å². The van der Waals surface area contributed by atoms with Gasteiger partial charge < -0.3 is 5.32 Å². The maximum Gasteiger partial charge on any atom is 0.0309 e. The Labute approximate surface area is 125 Å². The topological polar surface area (TPSA) is 15.3 Å². The first kappa shape index (κ1) is 14.8. The van der Waals surface area contributed by atoms with E-state index in [9.17, 15) is 0 Å². The van der Waals surface area contributed by atoms with Crippen LogP contribution in [0.5, 0.6) is 0 Å². The van der Waals surface area contributed by atoms with Gasteiger partial charge in [0.2, 0.25) is 0 Å². The maximum absolute atomic E-state index is 3.91. The first-order valence-electron chi connectivity index (χ1n) is 9.06. The Bertz CT molecular complexity index is 338. The van der Waals surface area contributed by atoms with Crippen molar-refractivity contribution in [3.8, 4) is 0 Å². The predicted molar refractivity (Wildman–Crippen MR) is 85.9 cm³/mol. The molecular formula is C18H34N2. The van der Waals surface area contributed by atoms with E-state index in [0.29, 0.717) is 5.54 Å². The van der Waals surface area contributed by atoms with Crippen molar-refractivity contribution in [3.05, 3.63) is 0 Å². The number of nitrogens with zero attached hydrogens (tertiary/aromatic N) is 1. The minimum Gasteiger partial charge on any atom is -0.308 e. The second-order valence-corrected chi connectivity index (χ2v) is 8.14. The molecule has 2 aliphatic carbocycles. The third-order valence-electron chi connectivity index (χ3n) is 6.76. The van der Waals surface area contributed by atoms with Crippen LogP contribution in [0, 0.1) is 17.8 Å². The molecule has 0 amide bonds. The van der Waals surface area contributed by atoms with Crippen LogP contribution in [0.1, 0.15) is 66.2 Å². The first-order chi connectivity index (χ1) is 9.55. The molecule has 0 spiro atoms. The van der Waals surface area contributed by atoms with Gasteiger partial charge in [0.05, 0.1) is 0 Å². The Kier molecular flexibility index (Phi) is 4.16. The summed E-state index contributed by atoms with van der Waals surface area (Å²) in [5.74, 6) is 2.73. The molecule has 2 saturated carbocycles. The quantitative estimate of drug-likeness (QED) is 0.847. The standard InChI is InChI=1S/C18H34N2/c1-5-16-11-19-18(4,15-9-10-15)12-20(16)17-8-6-7-13(2)14(17)3/h13-17,19H,5-12H2,1-4H3. The van der Waals surface area contributed by atoms with Crippen LogP contribution in [0.3, 0.4) is 0 Å². The van der Waals surface area contributed by atoms with Crippen LogP contribution in [-0.2, 0) is 0 Å². The van der Waals surface area contributed by atoms with E-state index in [-0.39, 0.29) is 0 Å². The van der Waals surface area contributed by atoms with Gasteiger partial charge in [-0.2, -0.15) is 0 Å². The van der Waals surface area contributed by atoms with Gasteiger partial charge >= 0.3 is 0 Å². The second-order valence-electron chi connectivity index (χ2n) is 8.14. The first-order valence-corrected chi connectivity index (χ1v) is 9.06. The molecule has 0 aromatic heterocycles. The molecule has 2 heteroatoms. The lowest BCUT2D eigenvalue weighted by Crippen LogP contribution is -2.67. The lowest BCUT2D eigenvalue weighted by molar-refractivity contribution is -0.00923. The number of nitrogens with one attached hydrogen (secondary N) is 1. The zero-order valence-corrected chi connectivity index (χ0v) is 14.0. The van der Waals surface area contributed by atoms with Crippen molar-refractivity contribution in [2.75, 3.05) is 13.1 Å². The average molecular weight is 278 g/mol. The molecule has 0 aromatic carbocycles.